The van der Waals surface area contributed by atoms with Gasteiger partial charge in [0.1, 0.15) is 0 Å². The summed E-state index contributed by atoms with van der Waals surface area (Å²) in [7, 11) is 0. The Morgan fingerprint density at radius 2 is 2.15 bits per heavy atom. The van der Waals surface area contributed by atoms with Crippen molar-refractivity contribution < 1.29 is 4.79 Å². The van der Waals surface area contributed by atoms with Crippen LogP contribution in [-0.2, 0) is 11.3 Å². The molecule has 8 heteroatoms. The molecule has 1 heterocycles. The van der Waals surface area contributed by atoms with E-state index >= 15 is 0 Å². The van der Waals surface area contributed by atoms with Gasteiger partial charge in [-0.2, -0.15) is 0 Å². The third-order valence-electron chi connectivity index (χ3n) is 5.62. The van der Waals surface area contributed by atoms with Gasteiger partial charge in [0.25, 0.3) is 0 Å². The number of nitrogens with one attached hydrogen (secondary N) is 1. The minimum atomic E-state index is 0.0780. The van der Waals surface area contributed by atoms with Crippen LogP contribution in [0.1, 0.15) is 32.6 Å². The fourth-order valence-electron chi connectivity index (χ4n) is 4.35. The van der Waals surface area contributed by atoms with E-state index in [-0.39, 0.29) is 5.91 Å². The Morgan fingerprint density at radius 1 is 1.30 bits per heavy atom. The summed E-state index contributed by atoms with van der Waals surface area (Å²) in [6.07, 6.45) is 5.03. The lowest BCUT2D eigenvalue weighted by atomic mass is 9.95. The van der Waals surface area contributed by atoms with Crippen LogP contribution in [0.15, 0.2) is 23.4 Å². The van der Waals surface area contributed by atoms with Gasteiger partial charge in [-0.3, -0.25) is 4.79 Å². The lowest BCUT2D eigenvalue weighted by Gasteiger charge is -2.22. The minimum absolute atomic E-state index is 0.0780. The van der Waals surface area contributed by atoms with E-state index in [1.165, 1.54) is 31.0 Å². The van der Waals surface area contributed by atoms with Crippen LogP contribution in [0.4, 0.5) is 0 Å². The molecule has 1 aromatic carbocycles. The Morgan fingerprint density at radius 3 is 2.81 bits per heavy atom. The minimum Gasteiger partial charge on any atom is -0.352 e. The van der Waals surface area contributed by atoms with Gasteiger partial charge < -0.3 is 9.88 Å². The molecule has 2 aliphatic carbocycles. The first kappa shape index (κ1) is 19.1. The van der Waals surface area contributed by atoms with Crippen molar-refractivity contribution >= 4 is 40.9 Å². The van der Waals surface area contributed by atoms with Gasteiger partial charge in [0, 0.05) is 23.2 Å². The average Bonchev–Trinajstić information content (AvgIpc) is 3.35. The lowest BCUT2D eigenvalue weighted by Crippen LogP contribution is -2.39. The Bertz CT molecular complexity index is 856. The number of rotatable bonds is 6. The van der Waals surface area contributed by atoms with Crippen LogP contribution in [0.2, 0.25) is 10.0 Å². The normalized spacial score (nSPS) is 23.7. The molecule has 1 N–H and O–H groups in total. The van der Waals surface area contributed by atoms with Crippen molar-refractivity contribution in [2.45, 2.75) is 50.4 Å². The molecule has 2 aromatic rings. The zero-order valence-electron chi connectivity index (χ0n) is 15.1. The summed E-state index contributed by atoms with van der Waals surface area (Å²) >= 11 is 13.7. The quantitative estimate of drug-likeness (QED) is 0.684. The standard InChI is InChI=1S/C19H22Cl2N4OS/c1-2-25-18(14-6-5-13(20)9-15(14)21)23-24-19(25)27-10-17(26)22-16-8-11-3-4-12(16)7-11/h5-6,9,11-12,16H,2-4,7-8,10H2,1H3,(H,22,26). The van der Waals surface area contributed by atoms with Crippen LogP contribution in [0, 0.1) is 11.8 Å². The monoisotopic (exact) mass is 424 g/mol. The lowest BCUT2D eigenvalue weighted by molar-refractivity contribution is -0.119. The molecule has 2 saturated carbocycles. The van der Waals surface area contributed by atoms with Gasteiger partial charge in [0.15, 0.2) is 11.0 Å². The summed E-state index contributed by atoms with van der Waals surface area (Å²) in [4.78, 5) is 12.4. The molecule has 2 fully saturated rings. The largest absolute Gasteiger partial charge is 0.352 e. The Hall–Kier alpha value is -1.24. The number of aromatic nitrogens is 3. The molecule has 0 saturated heterocycles. The first-order chi connectivity index (χ1) is 13.0. The van der Waals surface area contributed by atoms with Gasteiger partial charge in [-0.15, -0.1) is 10.2 Å². The Labute approximate surface area is 173 Å². The summed E-state index contributed by atoms with van der Waals surface area (Å²) in [6.45, 7) is 2.72. The summed E-state index contributed by atoms with van der Waals surface area (Å²) in [5.41, 5.74) is 0.786. The third kappa shape index (κ3) is 3.98. The van der Waals surface area contributed by atoms with Gasteiger partial charge >= 0.3 is 0 Å². The van der Waals surface area contributed by atoms with Crippen molar-refractivity contribution in [3.63, 3.8) is 0 Å². The van der Waals surface area contributed by atoms with Gasteiger partial charge in [-0.1, -0.05) is 41.4 Å². The molecule has 144 valence electrons. The van der Waals surface area contributed by atoms with E-state index in [1.807, 2.05) is 17.6 Å². The fraction of sp³-hybridized carbons (Fsp3) is 0.526. The van der Waals surface area contributed by atoms with Gasteiger partial charge in [0.05, 0.1) is 10.8 Å². The van der Waals surface area contributed by atoms with Crippen LogP contribution < -0.4 is 5.32 Å². The predicted molar refractivity (Wildman–Crippen MR) is 109 cm³/mol. The first-order valence-electron chi connectivity index (χ1n) is 9.36. The predicted octanol–water partition coefficient (Wildman–Crippen LogP) is 4.67. The Balaban J connectivity index is 1.42. The number of fused-ring (bicyclic) bond motifs is 2. The highest BCUT2D eigenvalue weighted by molar-refractivity contribution is 7.99. The highest BCUT2D eigenvalue weighted by Crippen LogP contribution is 2.44. The zero-order chi connectivity index (χ0) is 19.0. The maximum absolute atomic E-state index is 12.4. The molecule has 3 atom stereocenters. The molecule has 2 aliphatic rings. The number of halogens is 2. The van der Waals surface area contributed by atoms with E-state index in [2.05, 4.69) is 15.5 Å². The highest BCUT2D eigenvalue weighted by atomic mass is 35.5. The van der Waals surface area contributed by atoms with E-state index in [0.29, 0.717) is 40.1 Å². The number of carbonyl (C=O) groups is 1. The van der Waals surface area contributed by atoms with Crippen LogP contribution in [0.5, 0.6) is 0 Å². The van der Waals surface area contributed by atoms with Crippen LogP contribution in [-0.4, -0.2) is 32.5 Å². The zero-order valence-corrected chi connectivity index (χ0v) is 17.4. The summed E-state index contributed by atoms with van der Waals surface area (Å²) < 4.78 is 1.98. The van der Waals surface area contributed by atoms with E-state index in [4.69, 9.17) is 23.2 Å². The second-order valence-corrected chi connectivity index (χ2v) is 9.10. The average molecular weight is 425 g/mol. The number of hydrogen-bond donors (Lipinski definition) is 1. The molecule has 5 nitrogen and oxygen atoms in total. The molecule has 3 unspecified atom stereocenters. The van der Waals surface area contributed by atoms with Gasteiger partial charge in [0.2, 0.25) is 5.91 Å². The number of nitrogens with zero attached hydrogens (tertiary/aromatic N) is 3. The number of benzene rings is 1. The van der Waals surface area contributed by atoms with Gasteiger partial charge in [-0.05, 0) is 56.2 Å². The van der Waals surface area contributed by atoms with E-state index in [1.54, 1.807) is 12.1 Å². The molecule has 4 rings (SSSR count). The summed E-state index contributed by atoms with van der Waals surface area (Å²) in [5.74, 6) is 2.62. The smallest absolute Gasteiger partial charge is 0.230 e. The second kappa shape index (κ2) is 8.02. The van der Waals surface area contributed by atoms with Crippen LogP contribution in [0.3, 0.4) is 0 Å². The van der Waals surface area contributed by atoms with Crippen molar-refractivity contribution in [3.05, 3.63) is 28.2 Å². The molecular weight excluding hydrogens is 403 g/mol. The van der Waals surface area contributed by atoms with Gasteiger partial charge in [-0.25, -0.2) is 0 Å². The summed E-state index contributed by atoms with van der Waals surface area (Å²) in [6, 6.07) is 5.69. The second-order valence-electron chi connectivity index (χ2n) is 7.31. The highest BCUT2D eigenvalue weighted by Gasteiger charge is 2.40. The summed E-state index contributed by atoms with van der Waals surface area (Å²) in [5, 5.41) is 13.6. The SMILES string of the molecule is CCn1c(SCC(=O)NC2CC3CCC2C3)nnc1-c1ccc(Cl)cc1Cl. The molecule has 0 spiro atoms. The van der Waals surface area contributed by atoms with E-state index in [9.17, 15) is 4.79 Å². The molecule has 0 radical (unpaired) electrons. The molecule has 2 bridgehead atoms. The van der Waals surface area contributed by atoms with Crippen molar-refractivity contribution in [2.24, 2.45) is 11.8 Å². The van der Waals surface area contributed by atoms with Crippen molar-refractivity contribution in [2.75, 3.05) is 5.75 Å². The molecular formula is C19H22Cl2N4OS. The van der Waals surface area contributed by atoms with E-state index < -0.39 is 0 Å². The van der Waals surface area contributed by atoms with Crippen LogP contribution in [0.25, 0.3) is 11.4 Å². The fourth-order valence-corrected chi connectivity index (χ4v) is 5.66. The Kier molecular flexibility index (Phi) is 5.67. The number of amides is 1. The first-order valence-corrected chi connectivity index (χ1v) is 11.1. The number of thioether (sulfide) groups is 1. The van der Waals surface area contributed by atoms with Crippen molar-refractivity contribution in [3.8, 4) is 11.4 Å². The number of carbonyl (C=O) groups excluding carboxylic acids is 1. The van der Waals surface area contributed by atoms with Crippen molar-refractivity contribution in [1.82, 2.24) is 20.1 Å². The van der Waals surface area contributed by atoms with E-state index in [0.717, 1.165) is 23.1 Å². The van der Waals surface area contributed by atoms with Crippen LogP contribution >= 0.6 is 35.0 Å². The molecule has 1 amide bonds. The number of hydrogen-bond acceptors (Lipinski definition) is 4. The molecule has 27 heavy (non-hydrogen) atoms. The maximum atomic E-state index is 12.4. The molecule has 0 aliphatic heterocycles. The van der Waals surface area contributed by atoms with Crippen molar-refractivity contribution in [1.29, 1.82) is 0 Å². The third-order valence-corrected chi connectivity index (χ3v) is 7.14. The molecule has 1 aromatic heterocycles. The maximum Gasteiger partial charge on any atom is 0.230 e. The topological polar surface area (TPSA) is 59.8 Å².